The van der Waals surface area contributed by atoms with Gasteiger partial charge in [0.25, 0.3) is 5.69 Å². The van der Waals surface area contributed by atoms with Crippen LogP contribution in [0.3, 0.4) is 0 Å². The Morgan fingerprint density at radius 2 is 1.83 bits per heavy atom. The molecule has 0 bridgehead atoms. The molecule has 0 spiro atoms. The van der Waals surface area contributed by atoms with Gasteiger partial charge in [-0.25, -0.2) is 10.4 Å². The molecule has 0 fully saturated rings. The lowest BCUT2D eigenvalue weighted by molar-refractivity contribution is -0.385. The van der Waals surface area contributed by atoms with Crippen molar-refractivity contribution in [2.24, 2.45) is 5.10 Å². The molecule has 3 heterocycles. The predicted octanol–water partition coefficient (Wildman–Crippen LogP) is 6.73. The zero-order chi connectivity index (χ0) is 29.6. The van der Waals surface area contributed by atoms with Gasteiger partial charge in [0.2, 0.25) is 5.88 Å². The van der Waals surface area contributed by atoms with Crippen molar-refractivity contribution >= 4 is 40.4 Å². The molecule has 0 radical (unpaired) electrons. The van der Waals surface area contributed by atoms with Crippen LogP contribution in [-0.4, -0.2) is 26.6 Å². The quantitative estimate of drug-likeness (QED) is 0.0750. The Morgan fingerprint density at radius 1 is 1.07 bits per heavy atom. The molecule has 11 nitrogen and oxygen atoms in total. The van der Waals surface area contributed by atoms with Crippen LogP contribution in [0.15, 0.2) is 94.6 Å². The number of amides is 1. The minimum Gasteiger partial charge on any atom is -0.486 e. The van der Waals surface area contributed by atoms with E-state index in [1.165, 1.54) is 18.3 Å². The third-order valence-corrected chi connectivity index (χ3v) is 6.96. The van der Waals surface area contributed by atoms with E-state index in [-0.39, 0.29) is 23.9 Å². The number of furan rings is 1. The number of nitrogens with zero attached hydrogens (tertiary/aromatic N) is 4. The molecular weight excluding hydrogens is 653 g/mol. The van der Waals surface area contributed by atoms with Gasteiger partial charge in [-0.15, -0.1) is 0 Å². The number of benzene rings is 2. The van der Waals surface area contributed by atoms with Crippen molar-refractivity contribution in [3.8, 4) is 23.1 Å². The van der Waals surface area contributed by atoms with Crippen LogP contribution in [0.4, 0.5) is 5.69 Å². The summed E-state index contributed by atoms with van der Waals surface area (Å²) in [6, 6.07) is 23.2. The molecule has 5 rings (SSSR count). The normalized spacial score (nSPS) is 11.0. The smallest absolute Gasteiger partial charge is 0.307 e. The maximum absolute atomic E-state index is 12.5. The molecule has 0 aliphatic carbocycles. The fraction of sp³-hybridized carbons (Fsp3) is 0.100. The minimum absolute atomic E-state index is 0.105. The largest absolute Gasteiger partial charge is 0.486 e. The Bertz CT molecular complexity index is 1740. The number of hydrazone groups is 1. The Labute approximate surface area is 254 Å². The lowest BCUT2D eigenvalue weighted by Crippen LogP contribution is -2.16. The fourth-order valence-corrected chi connectivity index (χ4v) is 4.70. The molecule has 212 valence electrons. The summed E-state index contributed by atoms with van der Waals surface area (Å²) in [4.78, 5) is 26.7. The highest BCUT2D eigenvalue weighted by molar-refractivity contribution is 14.1. The van der Waals surface area contributed by atoms with Gasteiger partial charge >= 0.3 is 5.91 Å². The van der Waals surface area contributed by atoms with Crippen molar-refractivity contribution < 1.29 is 23.6 Å². The van der Waals surface area contributed by atoms with E-state index in [4.69, 9.17) is 13.9 Å². The summed E-state index contributed by atoms with van der Waals surface area (Å²) in [5, 5.41) is 14.8. The molecule has 0 aliphatic heterocycles. The van der Waals surface area contributed by atoms with Crippen molar-refractivity contribution in [3.63, 3.8) is 0 Å². The van der Waals surface area contributed by atoms with Crippen molar-refractivity contribution in [3.05, 3.63) is 127 Å². The Kier molecular flexibility index (Phi) is 8.62. The van der Waals surface area contributed by atoms with Gasteiger partial charge < -0.3 is 18.5 Å². The van der Waals surface area contributed by atoms with Crippen LogP contribution in [0.25, 0.3) is 5.69 Å². The maximum atomic E-state index is 12.5. The van der Waals surface area contributed by atoms with Crippen LogP contribution >= 0.6 is 22.6 Å². The summed E-state index contributed by atoms with van der Waals surface area (Å²) in [5.41, 5.74) is 6.41. The highest BCUT2D eigenvalue weighted by Gasteiger charge is 2.12. The molecule has 42 heavy (non-hydrogen) atoms. The minimum atomic E-state index is -0.527. The molecule has 0 atom stereocenters. The zero-order valence-electron chi connectivity index (χ0n) is 22.5. The Balaban J connectivity index is 1.12. The number of pyridine rings is 1. The second kappa shape index (κ2) is 12.7. The zero-order valence-corrected chi connectivity index (χ0v) is 24.6. The molecular formula is C30H24IN5O6. The number of aromatic nitrogens is 2. The van der Waals surface area contributed by atoms with Crippen LogP contribution in [-0.2, 0) is 6.61 Å². The molecule has 3 aromatic heterocycles. The number of nitro groups is 1. The lowest BCUT2D eigenvalue weighted by atomic mass is 10.2. The maximum Gasteiger partial charge on any atom is 0.307 e. The predicted molar refractivity (Wildman–Crippen MR) is 163 cm³/mol. The summed E-state index contributed by atoms with van der Waals surface area (Å²) in [5.74, 6) is 1.53. The van der Waals surface area contributed by atoms with E-state index in [0.717, 1.165) is 26.8 Å². The van der Waals surface area contributed by atoms with Crippen molar-refractivity contribution in [1.82, 2.24) is 15.0 Å². The number of carbonyl (C=O) groups is 1. The van der Waals surface area contributed by atoms with Gasteiger partial charge in [-0.1, -0.05) is 0 Å². The number of ether oxygens (including phenoxy) is 2. The van der Waals surface area contributed by atoms with Gasteiger partial charge in [0.1, 0.15) is 30.1 Å². The third kappa shape index (κ3) is 6.83. The first kappa shape index (κ1) is 28.5. The summed E-state index contributed by atoms with van der Waals surface area (Å²) < 4.78 is 20.1. The highest BCUT2D eigenvalue weighted by atomic mass is 127. The van der Waals surface area contributed by atoms with Crippen LogP contribution in [0.1, 0.15) is 33.3 Å². The molecule has 2 aromatic carbocycles. The molecule has 12 heteroatoms. The van der Waals surface area contributed by atoms with Gasteiger partial charge in [0, 0.05) is 29.2 Å². The Hall–Kier alpha value is -4.98. The number of halogens is 1. The number of hydrogen-bond acceptors (Lipinski definition) is 8. The summed E-state index contributed by atoms with van der Waals surface area (Å²) in [7, 11) is 0. The molecule has 0 unspecified atom stereocenters. The van der Waals surface area contributed by atoms with E-state index in [1.54, 1.807) is 30.3 Å². The van der Waals surface area contributed by atoms with E-state index in [9.17, 15) is 14.9 Å². The van der Waals surface area contributed by atoms with Gasteiger partial charge in [-0.05, 0) is 109 Å². The second-order valence-corrected chi connectivity index (χ2v) is 10.3. The fourth-order valence-electron chi connectivity index (χ4n) is 4.05. The number of rotatable bonds is 10. The number of nitrogens with one attached hydrogen (secondary N) is 1. The topological polar surface area (TPSA) is 134 Å². The van der Waals surface area contributed by atoms with Crippen molar-refractivity contribution in [2.45, 2.75) is 20.5 Å². The average Bonchev–Trinajstić information content (AvgIpc) is 3.60. The van der Waals surface area contributed by atoms with Crippen LogP contribution in [0.2, 0.25) is 0 Å². The molecule has 0 aliphatic rings. The highest BCUT2D eigenvalue weighted by Crippen LogP contribution is 2.27. The molecule has 0 saturated heterocycles. The van der Waals surface area contributed by atoms with Gasteiger partial charge in [0.15, 0.2) is 5.76 Å². The molecule has 5 aromatic rings. The lowest BCUT2D eigenvalue weighted by Gasteiger charge is -2.10. The van der Waals surface area contributed by atoms with Gasteiger partial charge in [-0.3, -0.25) is 14.9 Å². The molecule has 0 saturated carbocycles. The monoisotopic (exact) mass is 677 g/mol. The Morgan fingerprint density at radius 3 is 2.50 bits per heavy atom. The standard InChI is InChI=1S/C30H24IN5O6/c1-19-3-4-20(2)35(19)22-6-9-24(10-7-22)40-18-25-11-13-28(41-25)30(37)34-33-16-21-5-12-27(26(31)15-21)42-29-14-8-23(17-32-29)36(38)39/h3-17H,18H2,1-2H3,(H,34,37)/b33-16+. The average molecular weight is 677 g/mol. The van der Waals surface area contributed by atoms with Crippen molar-refractivity contribution in [2.75, 3.05) is 0 Å². The van der Waals surface area contributed by atoms with E-state index >= 15 is 0 Å². The van der Waals surface area contributed by atoms with E-state index in [1.807, 2.05) is 24.3 Å². The van der Waals surface area contributed by atoms with E-state index in [2.05, 4.69) is 68.6 Å². The molecule has 1 N–H and O–H groups in total. The first-order valence-corrected chi connectivity index (χ1v) is 13.7. The van der Waals surface area contributed by atoms with Crippen molar-refractivity contribution in [1.29, 1.82) is 0 Å². The van der Waals surface area contributed by atoms with Gasteiger partial charge in [-0.2, -0.15) is 5.10 Å². The van der Waals surface area contributed by atoms with Crippen LogP contribution in [0, 0.1) is 27.5 Å². The summed E-state index contributed by atoms with van der Waals surface area (Å²) in [6.45, 7) is 4.29. The summed E-state index contributed by atoms with van der Waals surface area (Å²) >= 11 is 2.09. The number of hydrogen-bond donors (Lipinski definition) is 1. The van der Waals surface area contributed by atoms with Gasteiger partial charge in [0.05, 0.1) is 14.7 Å². The summed E-state index contributed by atoms with van der Waals surface area (Å²) in [6.07, 6.45) is 2.62. The molecule has 1 amide bonds. The van der Waals surface area contributed by atoms with Crippen LogP contribution < -0.4 is 14.9 Å². The first-order valence-electron chi connectivity index (χ1n) is 12.6. The third-order valence-electron chi connectivity index (χ3n) is 6.11. The SMILES string of the molecule is Cc1ccc(C)n1-c1ccc(OCc2ccc(C(=O)N/N=C/c3ccc(Oc4ccc([N+](=O)[O-])cn4)c(I)c3)o2)cc1. The number of aryl methyl sites for hydroxylation is 2. The number of carbonyl (C=O) groups excluding carboxylic acids is 1. The second-order valence-electron chi connectivity index (χ2n) is 9.10. The van der Waals surface area contributed by atoms with Crippen LogP contribution in [0.5, 0.6) is 17.4 Å². The van der Waals surface area contributed by atoms with E-state index < -0.39 is 10.8 Å². The first-order chi connectivity index (χ1) is 20.3. The van der Waals surface area contributed by atoms with E-state index in [0.29, 0.717) is 22.8 Å².